The first-order valence-electron chi connectivity index (χ1n) is 6.18. The van der Waals surface area contributed by atoms with Crippen LogP contribution in [0.5, 0.6) is 0 Å². The van der Waals surface area contributed by atoms with Gasteiger partial charge in [0.1, 0.15) is 0 Å². The lowest BCUT2D eigenvalue weighted by molar-refractivity contribution is 0.595. The molecule has 0 aromatic heterocycles. The van der Waals surface area contributed by atoms with Crippen molar-refractivity contribution in [2.24, 2.45) is 0 Å². The fraction of sp³-hybridized carbons (Fsp3) is 0.143. The van der Waals surface area contributed by atoms with Crippen molar-refractivity contribution in [3.05, 3.63) is 60.2 Å². The molecule has 2 aromatic rings. The van der Waals surface area contributed by atoms with Crippen LogP contribution in [0.25, 0.3) is 0 Å². The monoisotopic (exact) mass is 380 g/mol. The third-order valence-electron chi connectivity index (χ3n) is 2.70. The molecule has 2 aromatic carbocycles. The molecule has 8 heteroatoms. The van der Waals surface area contributed by atoms with Gasteiger partial charge in [0.25, 0.3) is 0 Å². The first kappa shape index (κ1) is 19.0. The maximum Gasteiger partial charge on any atom is 0.317 e. The Morgan fingerprint density at radius 2 is 1.27 bits per heavy atom. The molecule has 0 aliphatic heterocycles. The molecular weight excluding hydrogens is 367 g/mol. The number of hydrogen-bond donors (Lipinski definition) is 0. The highest BCUT2D eigenvalue weighted by molar-refractivity contribution is 8.31. The van der Waals surface area contributed by atoms with Crippen molar-refractivity contribution in [3.8, 4) is 0 Å². The molecule has 0 amide bonds. The van der Waals surface area contributed by atoms with Gasteiger partial charge in [-0.05, 0) is 30.2 Å². The highest BCUT2D eigenvalue weighted by Crippen LogP contribution is 2.23. The fourth-order valence-corrected chi connectivity index (χ4v) is 3.37. The van der Waals surface area contributed by atoms with Crippen LogP contribution in [-0.4, -0.2) is 16.8 Å². The number of aryl methyl sites for hydroxylation is 1. The molecule has 0 aliphatic rings. The van der Waals surface area contributed by atoms with E-state index in [0.29, 0.717) is 16.2 Å². The van der Waals surface area contributed by atoms with Crippen molar-refractivity contribution in [1.82, 2.24) is 0 Å². The summed E-state index contributed by atoms with van der Waals surface area (Å²) >= 11 is 0. The van der Waals surface area contributed by atoms with Gasteiger partial charge < -0.3 is 0 Å². The fourth-order valence-electron chi connectivity index (χ4n) is 1.78. The minimum atomic E-state index is -3.72. The van der Waals surface area contributed by atoms with Gasteiger partial charge in [-0.25, -0.2) is 8.42 Å². The van der Waals surface area contributed by atoms with Crippen LogP contribution in [0.1, 0.15) is 12.5 Å². The van der Waals surface area contributed by atoms with E-state index in [4.69, 9.17) is 8.42 Å². The largest absolute Gasteiger partial charge is 0.317 e. The van der Waals surface area contributed by atoms with Gasteiger partial charge in [0, 0.05) is 21.4 Å². The highest BCUT2D eigenvalue weighted by Gasteiger charge is 2.19. The molecule has 0 saturated carbocycles. The number of benzene rings is 2. The standard InChI is InChI=1S/C14H14O2S.Cl2O2S/c1-2-12-8-6-7-11-14(12)17(15,16)13-9-4-3-5-10-13;1-5(2,3)4/h3-11H,2H2,1H3;. The lowest BCUT2D eigenvalue weighted by atomic mass is 10.2. The minimum absolute atomic E-state index is 0.348. The van der Waals surface area contributed by atoms with Crippen LogP contribution in [0.2, 0.25) is 0 Å². The molecule has 0 heterocycles. The predicted octanol–water partition coefficient (Wildman–Crippen LogP) is 3.79. The van der Waals surface area contributed by atoms with Gasteiger partial charge in [-0.15, -0.1) is 0 Å². The van der Waals surface area contributed by atoms with E-state index < -0.39 is 18.1 Å². The summed E-state index contributed by atoms with van der Waals surface area (Å²) in [6.45, 7) is 1.96. The van der Waals surface area contributed by atoms with E-state index in [1.807, 2.05) is 25.1 Å². The van der Waals surface area contributed by atoms with E-state index in [1.54, 1.807) is 36.4 Å². The normalized spacial score (nSPS) is 11.4. The second-order valence-corrected chi connectivity index (χ2v) is 9.74. The molecular formula is C14H14Cl2O4S2. The first-order chi connectivity index (χ1) is 10.2. The molecule has 0 aliphatic carbocycles. The number of rotatable bonds is 3. The Balaban J connectivity index is 0.000000422. The van der Waals surface area contributed by atoms with Gasteiger partial charge in [-0.1, -0.05) is 43.3 Å². The number of sulfone groups is 1. The van der Waals surface area contributed by atoms with E-state index in [1.165, 1.54) is 0 Å². The third kappa shape index (κ3) is 5.96. The SMILES string of the molecule is CCc1ccccc1S(=O)(=O)c1ccccc1.O=S(=O)(Cl)Cl. The van der Waals surface area contributed by atoms with Crippen LogP contribution in [0, 0.1) is 0 Å². The quantitative estimate of drug-likeness (QED) is 0.759. The summed E-state index contributed by atoms with van der Waals surface area (Å²) in [5.41, 5.74) is 0.858. The Hall–Kier alpha value is -1.08. The third-order valence-corrected chi connectivity index (χ3v) is 4.57. The predicted molar refractivity (Wildman–Crippen MR) is 88.3 cm³/mol. The van der Waals surface area contributed by atoms with Gasteiger partial charge in [-0.3, -0.25) is 0 Å². The Labute approximate surface area is 139 Å². The number of halogens is 2. The van der Waals surface area contributed by atoms with Gasteiger partial charge in [-0.2, -0.15) is 8.42 Å². The maximum absolute atomic E-state index is 12.4. The highest BCUT2D eigenvalue weighted by atomic mass is 36.0. The Morgan fingerprint density at radius 3 is 1.77 bits per heavy atom. The molecule has 0 fully saturated rings. The van der Waals surface area contributed by atoms with Crippen LogP contribution < -0.4 is 0 Å². The molecule has 22 heavy (non-hydrogen) atoms. The topological polar surface area (TPSA) is 68.3 Å². The van der Waals surface area contributed by atoms with Crippen LogP contribution in [0.15, 0.2) is 64.4 Å². The summed E-state index contributed by atoms with van der Waals surface area (Å²) in [5.74, 6) is 0. The number of hydrogen-bond acceptors (Lipinski definition) is 4. The van der Waals surface area contributed by atoms with Crippen LogP contribution in [-0.2, 0) is 24.5 Å². The van der Waals surface area contributed by atoms with E-state index in [9.17, 15) is 8.42 Å². The lowest BCUT2D eigenvalue weighted by Gasteiger charge is -2.08. The molecule has 0 radical (unpaired) electrons. The Morgan fingerprint density at radius 1 is 0.818 bits per heavy atom. The van der Waals surface area contributed by atoms with E-state index in [0.717, 1.165) is 5.56 Å². The zero-order valence-electron chi connectivity index (χ0n) is 11.6. The Bertz CT molecular complexity index is 809. The molecule has 0 saturated heterocycles. The van der Waals surface area contributed by atoms with Crippen molar-refractivity contribution < 1.29 is 16.8 Å². The molecule has 0 unspecified atom stereocenters. The maximum atomic E-state index is 12.4. The molecule has 120 valence electrons. The minimum Gasteiger partial charge on any atom is -0.219 e. The molecule has 4 nitrogen and oxygen atoms in total. The molecule has 2 rings (SSSR count). The molecule has 0 spiro atoms. The van der Waals surface area contributed by atoms with E-state index in [2.05, 4.69) is 21.4 Å². The summed E-state index contributed by atoms with van der Waals surface area (Å²) in [4.78, 5) is 0.759. The van der Waals surface area contributed by atoms with Crippen LogP contribution in [0.3, 0.4) is 0 Å². The van der Waals surface area contributed by atoms with Crippen molar-refractivity contribution >= 4 is 39.5 Å². The average molecular weight is 381 g/mol. The summed E-state index contributed by atoms with van der Waals surface area (Å²) in [5, 5.41) is 0. The molecule has 0 bridgehead atoms. The van der Waals surface area contributed by atoms with Gasteiger partial charge in [0.05, 0.1) is 9.79 Å². The molecule has 0 N–H and O–H groups in total. The first-order valence-corrected chi connectivity index (χ1v) is 10.8. The van der Waals surface area contributed by atoms with Crippen molar-refractivity contribution in [1.29, 1.82) is 0 Å². The molecule has 0 atom stereocenters. The van der Waals surface area contributed by atoms with Gasteiger partial charge >= 0.3 is 8.26 Å². The van der Waals surface area contributed by atoms with Crippen molar-refractivity contribution in [2.75, 3.05) is 0 Å². The van der Waals surface area contributed by atoms with Gasteiger partial charge in [0.2, 0.25) is 9.84 Å². The van der Waals surface area contributed by atoms with E-state index >= 15 is 0 Å². The summed E-state index contributed by atoms with van der Waals surface area (Å²) in [6, 6.07) is 15.7. The lowest BCUT2D eigenvalue weighted by Crippen LogP contribution is -2.04. The van der Waals surface area contributed by atoms with Crippen molar-refractivity contribution in [2.45, 2.75) is 23.1 Å². The van der Waals surface area contributed by atoms with Crippen molar-refractivity contribution in [3.63, 3.8) is 0 Å². The summed E-state index contributed by atoms with van der Waals surface area (Å²) in [6.07, 6.45) is 0.711. The summed E-state index contributed by atoms with van der Waals surface area (Å²) in [7, 11) is 1.43. The summed E-state index contributed by atoms with van der Waals surface area (Å²) < 4.78 is 43.2. The van der Waals surface area contributed by atoms with Gasteiger partial charge in [0.15, 0.2) is 0 Å². The zero-order valence-corrected chi connectivity index (χ0v) is 14.8. The second kappa shape index (κ2) is 7.97. The second-order valence-electron chi connectivity index (χ2n) is 4.16. The average Bonchev–Trinajstić information content (AvgIpc) is 2.46. The zero-order chi connectivity index (χ0) is 16.8. The smallest absolute Gasteiger partial charge is 0.219 e. The van der Waals surface area contributed by atoms with Crippen LogP contribution in [0.4, 0.5) is 0 Å². The van der Waals surface area contributed by atoms with Crippen LogP contribution >= 0.6 is 21.4 Å². The Kier molecular flexibility index (Phi) is 6.87. The van der Waals surface area contributed by atoms with E-state index in [-0.39, 0.29) is 0 Å².